The van der Waals surface area contributed by atoms with Crippen LogP contribution in [0.1, 0.15) is 130 Å². The highest BCUT2D eigenvalue weighted by Crippen LogP contribution is 2.40. The molecule has 0 unspecified atom stereocenters. The maximum absolute atomic E-state index is 14.5. The van der Waals surface area contributed by atoms with E-state index in [1.54, 1.807) is 52.4 Å². The van der Waals surface area contributed by atoms with E-state index in [4.69, 9.17) is 28.4 Å². The Labute approximate surface area is 443 Å². The van der Waals surface area contributed by atoms with Crippen molar-refractivity contribution in [2.45, 2.75) is 217 Å². The quantitative estimate of drug-likeness (QED) is 0.0736. The predicted molar refractivity (Wildman–Crippen MR) is 277 cm³/mol. The van der Waals surface area contributed by atoms with Gasteiger partial charge in [0, 0.05) is 63.8 Å². The summed E-state index contributed by atoms with van der Waals surface area (Å²) in [5.74, 6) is -2.78. The second kappa shape index (κ2) is 25.7. The van der Waals surface area contributed by atoms with Gasteiger partial charge in [-0.2, -0.15) is 0 Å². The molecule has 2 aromatic heterocycles. The standard InChI is InChI=1S/C54H88N8O13/c1-14-43-54(10,69)47(65)36(6)60(12)28-32(2)26-52(8,68)49(34(4)46(35(5)50(67)73-43)74-44-27-53(9,70-13)48(66)37(7)72-44)75-51-45(64)42(25-33(3)71-51)59(11)24-22-39-29-61(57-55-39)23-16-15-17-38-18-20-41(21-19-38)62-30-40(31-63)56-58-62/h18-21,29-37,42-49,51,64-66,68-69H,14-17,22-28H2,1-13H3/t32-,33-,34+,35-,36-,37+,42+,43-,44+,45-,46+,47-,48+,49-,51+,52-,53-,54-/m1/s1. The molecule has 0 saturated carbocycles. The van der Waals surface area contributed by atoms with E-state index in [1.807, 2.05) is 62.8 Å². The van der Waals surface area contributed by atoms with E-state index in [9.17, 15) is 35.1 Å². The molecule has 1 aromatic carbocycles. The summed E-state index contributed by atoms with van der Waals surface area (Å²) in [5.41, 5.74) is -1.41. The third kappa shape index (κ3) is 14.7. The van der Waals surface area contributed by atoms with Crippen molar-refractivity contribution in [3.8, 4) is 5.69 Å². The molecule has 0 aliphatic carbocycles. The van der Waals surface area contributed by atoms with Crippen molar-refractivity contribution < 1.29 is 63.5 Å². The molecule has 0 amide bonds. The molecule has 3 aromatic rings. The van der Waals surface area contributed by atoms with Crippen LogP contribution in [-0.4, -0.2) is 202 Å². The Bertz CT molecular complexity index is 2260. The van der Waals surface area contributed by atoms with Gasteiger partial charge in [0.15, 0.2) is 18.9 Å². The van der Waals surface area contributed by atoms with Crippen LogP contribution >= 0.6 is 0 Å². The zero-order valence-electron chi connectivity index (χ0n) is 46.6. The van der Waals surface area contributed by atoms with Gasteiger partial charge < -0.3 is 63.8 Å². The molecule has 3 aliphatic heterocycles. The maximum atomic E-state index is 14.5. The number of aldehydes is 1. The summed E-state index contributed by atoms with van der Waals surface area (Å²) in [7, 11) is 5.29. The fourth-order valence-corrected chi connectivity index (χ4v) is 11.6. The smallest absolute Gasteiger partial charge is 0.311 e. The van der Waals surface area contributed by atoms with Crippen LogP contribution in [0.3, 0.4) is 0 Å². The van der Waals surface area contributed by atoms with E-state index in [0.29, 0.717) is 38.8 Å². The lowest BCUT2D eigenvalue weighted by atomic mass is 9.77. The first-order valence-corrected chi connectivity index (χ1v) is 26.9. The molecule has 3 aliphatic rings. The largest absolute Gasteiger partial charge is 0.459 e. The first-order chi connectivity index (χ1) is 35.3. The van der Waals surface area contributed by atoms with Crippen molar-refractivity contribution in [2.24, 2.45) is 17.8 Å². The van der Waals surface area contributed by atoms with Crippen molar-refractivity contribution in [1.29, 1.82) is 0 Å². The number of esters is 1. The number of methoxy groups -OCH3 is 1. The Kier molecular flexibility index (Phi) is 20.7. The van der Waals surface area contributed by atoms with Crippen LogP contribution in [0.25, 0.3) is 5.69 Å². The van der Waals surface area contributed by atoms with Gasteiger partial charge in [-0.3, -0.25) is 14.3 Å². The van der Waals surface area contributed by atoms with Crippen molar-refractivity contribution in [1.82, 2.24) is 39.8 Å². The van der Waals surface area contributed by atoms with Crippen molar-refractivity contribution in [3.63, 3.8) is 0 Å². The summed E-state index contributed by atoms with van der Waals surface area (Å²) in [6.45, 7) is 19.3. The highest BCUT2D eigenvalue weighted by Gasteiger charge is 2.53. The van der Waals surface area contributed by atoms with Crippen LogP contribution < -0.4 is 0 Å². The Balaban J connectivity index is 1.17. The molecule has 18 atom stereocenters. The Morgan fingerprint density at radius 3 is 2.27 bits per heavy atom. The molecular weight excluding hydrogens is 969 g/mol. The van der Waals surface area contributed by atoms with Crippen LogP contribution in [0.4, 0.5) is 0 Å². The topological polar surface area (TPSA) is 259 Å². The number of carbonyl (C=O) groups excluding carboxylic acids is 2. The zero-order valence-corrected chi connectivity index (χ0v) is 46.6. The molecule has 3 saturated heterocycles. The molecule has 21 heteroatoms. The number of likely N-dealkylation sites (N-methyl/N-ethyl adjacent to an activating group) is 2. The molecule has 0 radical (unpaired) electrons. The van der Waals surface area contributed by atoms with Gasteiger partial charge in [-0.25, -0.2) is 4.68 Å². The van der Waals surface area contributed by atoms with E-state index in [0.717, 1.165) is 30.6 Å². The Morgan fingerprint density at radius 1 is 0.907 bits per heavy atom. The number of aromatic nitrogens is 6. The van der Waals surface area contributed by atoms with Crippen molar-refractivity contribution in [3.05, 3.63) is 53.6 Å². The Hall–Kier alpha value is -3.84. The lowest BCUT2D eigenvalue weighted by Crippen LogP contribution is -2.61. The first-order valence-electron chi connectivity index (χ1n) is 26.9. The van der Waals surface area contributed by atoms with Crippen LogP contribution in [0.2, 0.25) is 0 Å². The summed E-state index contributed by atoms with van der Waals surface area (Å²) < 4.78 is 41.8. The van der Waals surface area contributed by atoms with Crippen molar-refractivity contribution in [2.75, 3.05) is 34.3 Å². The lowest BCUT2D eigenvalue weighted by Gasteiger charge is -2.49. The monoisotopic (exact) mass is 1060 g/mol. The number of hydrogen-bond donors (Lipinski definition) is 5. The number of ether oxygens (including phenoxy) is 6. The fourth-order valence-electron chi connectivity index (χ4n) is 11.6. The number of rotatable bonds is 17. The number of aliphatic hydroxyl groups is 5. The molecule has 0 spiro atoms. The predicted octanol–water partition coefficient (Wildman–Crippen LogP) is 3.52. The van der Waals surface area contributed by atoms with Gasteiger partial charge in [-0.15, -0.1) is 10.2 Å². The normalized spacial score (nSPS) is 38.0. The molecule has 75 heavy (non-hydrogen) atoms. The molecule has 0 bridgehead atoms. The van der Waals surface area contributed by atoms with Crippen LogP contribution in [0.5, 0.6) is 0 Å². The minimum Gasteiger partial charge on any atom is -0.459 e. The van der Waals surface area contributed by atoms with E-state index in [1.165, 1.54) is 19.6 Å². The van der Waals surface area contributed by atoms with Gasteiger partial charge in [0.1, 0.15) is 35.7 Å². The molecule has 21 nitrogen and oxygen atoms in total. The fraction of sp³-hybridized carbons (Fsp3) is 0.778. The van der Waals surface area contributed by atoms with Crippen molar-refractivity contribution >= 4 is 12.3 Å². The number of carbonyl (C=O) groups is 2. The van der Waals surface area contributed by atoms with Crippen LogP contribution in [0.15, 0.2) is 36.7 Å². The summed E-state index contributed by atoms with van der Waals surface area (Å²) in [5, 5.41) is 76.4. The third-order valence-corrected chi connectivity index (χ3v) is 16.4. The first kappa shape index (κ1) is 60.4. The molecular formula is C54H88N8O13. The van der Waals surface area contributed by atoms with E-state index in [-0.39, 0.29) is 37.0 Å². The van der Waals surface area contributed by atoms with Gasteiger partial charge >= 0.3 is 5.97 Å². The maximum Gasteiger partial charge on any atom is 0.311 e. The number of aryl methyl sites for hydroxylation is 2. The second-order valence-corrected chi connectivity index (χ2v) is 22.7. The van der Waals surface area contributed by atoms with Crippen LogP contribution in [0, 0.1) is 17.8 Å². The minimum absolute atomic E-state index is 0.101. The number of cyclic esters (lactones) is 1. The van der Waals surface area contributed by atoms with Gasteiger partial charge in [0.05, 0.1) is 59.1 Å². The highest BCUT2D eigenvalue weighted by atomic mass is 16.7. The average molecular weight is 1060 g/mol. The number of nitrogens with zero attached hydrogens (tertiary/aromatic N) is 8. The minimum atomic E-state index is -1.84. The van der Waals surface area contributed by atoms with E-state index in [2.05, 4.69) is 37.7 Å². The number of unbranched alkanes of at least 4 members (excludes halogenated alkanes) is 1. The van der Waals surface area contributed by atoms with Gasteiger partial charge in [-0.05, 0) is 125 Å². The van der Waals surface area contributed by atoms with E-state index >= 15 is 0 Å². The summed E-state index contributed by atoms with van der Waals surface area (Å²) in [6, 6.07) is 7.03. The van der Waals surface area contributed by atoms with Gasteiger partial charge in [-0.1, -0.05) is 43.3 Å². The molecule has 422 valence electrons. The molecule has 5 N–H and O–H groups in total. The Morgan fingerprint density at radius 2 is 1.61 bits per heavy atom. The average Bonchev–Trinajstić information content (AvgIpc) is 4.06. The number of benzene rings is 1. The summed E-state index contributed by atoms with van der Waals surface area (Å²) >= 11 is 0. The lowest BCUT2D eigenvalue weighted by molar-refractivity contribution is -0.318. The highest BCUT2D eigenvalue weighted by molar-refractivity contribution is 5.73. The second-order valence-electron chi connectivity index (χ2n) is 22.7. The zero-order chi connectivity index (χ0) is 55.2. The van der Waals surface area contributed by atoms with Gasteiger partial charge in [0.2, 0.25) is 0 Å². The SMILES string of the molecule is CC[C@H]1OC(=O)[C@H](C)[C@@H](O[C@H]2C[C@@](C)(OC)[C@@H](O)[C@H](C)O2)[C@H](C)[C@@H](O[C@@H]2O[C@H](C)C[C@H](N(C)CCc3cn(CCCCc4ccc(-n5cc(C=O)nn5)cc4)nn3)[C@H]2O)[C@](C)(O)C[C@@H](C)CN(C)[C@H](C)[C@@H](O)[C@]1(C)O. The van der Waals surface area contributed by atoms with Crippen LogP contribution in [-0.2, 0) is 52.6 Å². The van der Waals surface area contributed by atoms with E-state index < -0.39 is 102 Å². The molecule has 6 rings (SSSR count). The van der Waals surface area contributed by atoms with Gasteiger partial charge in [0.25, 0.3) is 0 Å². The summed E-state index contributed by atoms with van der Waals surface area (Å²) in [6.07, 6.45) is -1.50. The number of aliphatic hydroxyl groups excluding tert-OH is 3. The third-order valence-electron chi connectivity index (χ3n) is 16.4. The molecule has 5 heterocycles. The number of hydrogen-bond acceptors (Lipinski definition) is 19. The summed E-state index contributed by atoms with van der Waals surface area (Å²) in [4.78, 5) is 29.5. The molecule has 3 fully saturated rings.